The first kappa shape index (κ1) is 15.6. The molecule has 19 heavy (non-hydrogen) atoms. The summed E-state index contributed by atoms with van der Waals surface area (Å²) in [4.78, 5) is 21.8. The van der Waals surface area contributed by atoms with Crippen molar-refractivity contribution in [3.63, 3.8) is 0 Å². The number of rotatable bonds is 2. The quantitative estimate of drug-likeness (QED) is 0.407. The van der Waals surface area contributed by atoms with Crippen molar-refractivity contribution in [2.45, 2.75) is 0 Å². The zero-order valence-corrected chi connectivity index (χ0v) is 10.7. The van der Waals surface area contributed by atoms with E-state index in [0.717, 1.165) is 0 Å². The summed E-state index contributed by atoms with van der Waals surface area (Å²) < 4.78 is 20.7. The zero-order valence-electron chi connectivity index (χ0n) is 10.7. The molecule has 6 heteroatoms. The maximum absolute atomic E-state index is 11.5. The molecular weight excluding hydrogens is 252 g/mol. The van der Waals surface area contributed by atoms with E-state index in [-0.39, 0.29) is 13.2 Å². The van der Waals surface area contributed by atoms with Crippen LogP contribution >= 0.6 is 0 Å². The highest BCUT2D eigenvalue weighted by Gasteiger charge is 2.03. The van der Waals surface area contributed by atoms with Crippen molar-refractivity contribution in [3.05, 3.63) is 23.8 Å². The highest BCUT2D eigenvalue weighted by Crippen LogP contribution is 2.00. The molecule has 1 rings (SSSR count). The third-order valence-corrected chi connectivity index (χ3v) is 2.18. The minimum absolute atomic E-state index is 0.181. The summed E-state index contributed by atoms with van der Waals surface area (Å²) in [6, 6.07) is 0. The van der Waals surface area contributed by atoms with E-state index < -0.39 is 5.97 Å². The third-order valence-electron chi connectivity index (χ3n) is 2.18. The van der Waals surface area contributed by atoms with Gasteiger partial charge in [-0.3, -0.25) is 4.79 Å². The van der Waals surface area contributed by atoms with Crippen molar-refractivity contribution >= 4 is 12.3 Å². The summed E-state index contributed by atoms with van der Waals surface area (Å²) in [6.45, 7) is 2.53. The van der Waals surface area contributed by atoms with Gasteiger partial charge in [0.05, 0.1) is 39.6 Å². The summed E-state index contributed by atoms with van der Waals surface area (Å²) >= 11 is 0. The Morgan fingerprint density at radius 3 is 2.26 bits per heavy atom. The van der Waals surface area contributed by atoms with Gasteiger partial charge in [0, 0.05) is 6.08 Å². The molecule has 0 fully saturated rings. The van der Waals surface area contributed by atoms with Crippen molar-refractivity contribution in [2.75, 3.05) is 46.2 Å². The zero-order chi connectivity index (χ0) is 13.8. The number of cyclic esters (lactones) is 1. The van der Waals surface area contributed by atoms with Crippen molar-refractivity contribution in [1.29, 1.82) is 0 Å². The lowest BCUT2D eigenvalue weighted by Gasteiger charge is -2.09. The van der Waals surface area contributed by atoms with E-state index in [1.165, 1.54) is 18.2 Å². The molecule has 0 spiro atoms. The summed E-state index contributed by atoms with van der Waals surface area (Å²) in [5.74, 6) is -0.481. The average molecular weight is 270 g/mol. The molecule has 0 bridgehead atoms. The van der Waals surface area contributed by atoms with Crippen LogP contribution in [0.5, 0.6) is 0 Å². The van der Waals surface area contributed by atoms with Crippen LogP contribution in [0.2, 0.25) is 0 Å². The topological polar surface area (TPSA) is 71.1 Å². The molecule has 0 atom stereocenters. The molecule has 0 aromatic heterocycles. The first-order valence-electron chi connectivity index (χ1n) is 6.05. The number of allylic oxidation sites excluding steroid dienone is 1. The van der Waals surface area contributed by atoms with Gasteiger partial charge >= 0.3 is 5.97 Å². The molecule has 0 N–H and O–H groups in total. The minimum atomic E-state index is -0.481. The molecule has 1 aliphatic heterocycles. The Morgan fingerprint density at radius 1 is 0.947 bits per heavy atom. The molecule has 6 nitrogen and oxygen atoms in total. The Balaban J connectivity index is 2.56. The number of carbonyl (C=O) groups excluding carboxylic acids is 2. The van der Waals surface area contributed by atoms with Gasteiger partial charge in [0.15, 0.2) is 0 Å². The van der Waals surface area contributed by atoms with Crippen LogP contribution < -0.4 is 0 Å². The van der Waals surface area contributed by atoms with Gasteiger partial charge in [0.25, 0.3) is 0 Å². The van der Waals surface area contributed by atoms with Crippen molar-refractivity contribution in [2.24, 2.45) is 0 Å². The maximum Gasteiger partial charge on any atom is 0.331 e. The van der Waals surface area contributed by atoms with Crippen LogP contribution in [0.15, 0.2) is 23.8 Å². The highest BCUT2D eigenvalue weighted by molar-refractivity contribution is 5.83. The van der Waals surface area contributed by atoms with Gasteiger partial charge in [-0.25, -0.2) is 4.79 Å². The highest BCUT2D eigenvalue weighted by atomic mass is 16.6. The number of hydrogen-bond donors (Lipinski definition) is 0. The Labute approximate surface area is 112 Å². The van der Waals surface area contributed by atoms with Gasteiger partial charge in [-0.1, -0.05) is 6.08 Å². The molecule has 0 radical (unpaired) electrons. The molecule has 0 aliphatic carbocycles. The van der Waals surface area contributed by atoms with E-state index in [4.69, 9.17) is 18.9 Å². The second-order valence-electron chi connectivity index (χ2n) is 3.66. The van der Waals surface area contributed by atoms with E-state index in [9.17, 15) is 9.59 Å². The second kappa shape index (κ2) is 10.4. The van der Waals surface area contributed by atoms with Crippen molar-refractivity contribution in [3.8, 4) is 0 Å². The fourth-order valence-corrected chi connectivity index (χ4v) is 1.32. The normalized spacial score (nSPS) is 23.2. The summed E-state index contributed by atoms with van der Waals surface area (Å²) in [5.41, 5.74) is 0.565. The Kier molecular flexibility index (Phi) is 8.54. The lowest BCUT2D eigenvalue weighted by molar-refractivity contribution is -0.139. The fraction of sp³-hybridized carbons (Fsp3) is 0.538. The predicted octanol–water partition coefficient (Wildman–Crippen LogP) is 0.274. The summed E-state index contributed by atoms with van der Waals surface area (Å²) in [7, 11) is 0. The van der Waals surface area contributed by atoms with Gasteiger partial charge < -0.3 is 18.9 Å². The molecule has 0 aromatic rings. The van der Waals surface area contributed by atoms with Gasteiger partial charge in [-0.05, 0) is 11.6 Å². The molecule has 0 aromatic carbocycles. The predicted molar refractivity (Wildman–Crippen MR) is 66.7 cm³/mol. The fourth-order valence-electron chi connectivity index (χ4n) is 1.32. The van der Waals surface area contributed by atoms with Crippen LogP contribution in [0.25, 0.3) is 0 Å². The Hall–Kier alpha value is -1.50. The SMILES string of the molecule is O=C/C=C/C1=C/C(=O)OCCOCCOCCOC1. The van der Waals surface area contributed by atoms with Gasteiger partial charge in [0.1, 0.15) is 12.9 Å². The third kappa shape index (κ3) is 8.25. The maximum atomic E-state index is 11.5. The van der Waals surface area contributed by atoms with Crippen LogP contribution in [0, 0.1) is 0 Å². The smallest absolute Gasteiger partial charge is 0.331 e. The van der Waals surface area contributed by atoms with Crippen LogP contribution in [0.1, 0.15) is 0 Å². The van der Waals surface area contributed by atoms with E-state index in [2.05, 4.69) is 0 Å². The summed E-state index contributed by atoms with van der Waals surface area (Å²) in [6.07, 6.45) is 4.74. The Morgan fingerprint density at radius 2 is 1.58 bits per heavy atom. The van der Waals surface area contributed by atoms with Crippen molar-refractivity contribution < 1.29 is 28.5 Å². The van der Waals surface area contributed by atoms with Crippen LogP contribution in [-0.4, -0.2) is 58.5 Å². The number of esters is 1. The van der Waals surface area contributed by atoms with E-state index in [1.54, 1.807) is 0 Å². The minimum Gasteiger partial charge on any atom is -0.460 e. The number of ether oxygens (including phenoxy) is 4. The monoisotopic (exact) mass is 270 g/mol. The number of hydrogen-bond acceptors (Lipinski definition) is 6. The standard InChI is InChI=1S/C13H18O6/c14-3-1-2-12-10-13(15)19-9-8-17-5-4-16-6-7-18-11-12/h1-3,10H,4-9,11H2/b2-1+,12-10-. The van der Waals surface area contributed by atoms with E-state index >= 15 is 0 Å². The first-order valence-corrected chi connectivity index (χ1v) is 6.05. The van der Waals surface area contributed by atoms with E-state index in [1.807, 2.05) is 0 Å². The lowest BCUT2D eigenvalue weighted by atomic mass is 10.2. The van der Waals surface area contributed by atoms with Crippen LogP contribution in [0.3, 0.4) is 0 Å². The number of carbonyl (C=O) groups is 2. The molecule has 106 valence electrons. The number of aldehydes is 1. The first-order chi connectivity index (χ1) is 9.33. The second-order valence-corrected chi connectivity index (χ2v) is 3.66. The molecule has 1 heterocycles. The molecular formula is C13H18O6. The lowest BCUT2D eigenvalue weighted by Crippen LogP contribution is -2.15. The van der Waals surface area contributed by atoms with Gasteiger partial charge in [0.2, 0.25) is 0 Å². The Bertz CT molecular complexity index is 334. The van der Waals surface area contributed by atoms with Gasteiger partial charge in [-0.2, -0.15) is 0 Å². The van der Waals surface area contributed by atoms with Crippen LogP contribution in [0.4, 0.5) is 0 Å². The largest absolute Gasteiger partial charge is 0.460 e. The average Bonchev–Trinajstić information content (AvgIpc) is 2.41. The van der Waals surface area contributed by atoms with Crippen molar-refractivity contribution in [1.82, 2.24) is 0 Å². The summed E-state index contributed by atoms with van der Waals surface area (Å²) in [5, 5.41) is 0. The molecule has 0 saturated carbocycles. The van der Waals surface area contributed by atoms with E-state index in [0.29, 0.717) is 44.9 Å². The van der Waals surface area contributed by atoms with Crippen LogP contribution in [-0.2, 0) is 28.5 Å². The molecule has 0 saturated heterocycles. The van der Waals surface area contributed by atoms with Gasteiger partial charge in [-0.15, -0.1) is 0 Å². The molecule has 0 amide bonds. The molecule has 1 aliphatic rings. The molecule has 0 unspecified atom stereocenters.